The lowest BCUT2D eigenvalue weighted by Crippen LogP contribution is -2.24. The van der Waals surface area contributed by atoms with E-state index in [1.165, 1.54) is 19.2 Å². The van der Waals surface area contributed by atoms with Gasteiger partial charge in [-0.1, -0.05) is 30.2 Å². The topological polar surface area (TPSA) is 73.2 Å². The van der Waals surface area contributed by atoms with Crippen LogP contribution in [0.2, 0.25) is 0 Å². The number of hydrogen-bond donors (Lipinski definition) is 1. The molecule has 0 saturated carbocycles. The lowest BCUT2D eigenvalue weighted by atomic mass is 10.1. The highest BCUT2D eigenvalue weighted by Gasteiger charge is 2.18. The third-order valence-corrected chi connectivity index (χ3v) is 4.91. The number of aromatic nitrogens is 2. The Morgan fingerprint density at radius 2 is 1.87 bits per heavy atom. The number of esters is 1. The minimum absolute atomic E-state index is 0.222. The second-order valence-electron chi connectivity index (χ2n) is 7.32. The van der Waals surface area contributed by atoms with Gasteiger partial charge in [0.1, 0.15) is 11.5 Å². The Balaban J connectivity index is 1.75. The van der Waals surface area contributed by atoms with Gasteiger partial charge in [-0.25, -0.2) is 9.07 Å². The summed E-state index contributed by atoms with van der Waals surface area (Å²) in [7, 11) is 1.38. The molecule has 0 atom stereocenters. The fourth-order valence-electron chi connectivity index (χ4n) is 3.24. The first kappa shape index (κ1) is 22.2. The quantitative estimate of drug-likeness (QED) is 0.408. The number of carbonyl (C=O) groups excluding carboxylic acids is 2. The van der Waals surface area contributed by atoms with Crippen molar-refractivity contribution < 1.29 is 18.7 Å². The molecule has 1 heterocycles. The van der Waals surface area contributed by atoms with Crippen molar-refractivity contribution >= 4 is 11.9 Å². The van der Waals surface area contributed by atoms with Crippen molar-refractivity contribution in [3.05, 3.63) is 71.7 Å². The summed E-state index contributed by atoms with van der Waals surface area (Å²) < 4.78 is 19.5. The van der Waals surface area contributed by atoms with E-state index in [1.807, 2.05) is 31.2 Å². The minimum Gasteiger partial charge on any atom is -0.469 e. The van der Waals surface area contributed by atoms with Gasteiger partial charge in [0.2, 0.25) is 0 Å². The molecule has 162 valence electrons. The lowest BCUT2D eigenvalue weighted by Gasteiger charge is -2.06. The molecule has 0 bridgehead atoms. The van der Waals surface area contributed by atoms with Crippen LogP contribution < -0.4 is 5.32 Å². The second-order valence-corrected chi connectivity index (χ2v) is 7.32. The molecule has 3 rings (SSSR count). The monoisotopic (exact) mass is 423 g/mol. The van der Waals surface area contributed by atoms with E-state index >= 15 is 0 Å². The van der Waals surface area contributed by atoms with Gasteiger partial charge >= 0.3 is 5.97 Å². The number of carbonyl (C=O) groups is 2. The summed E-state index contributed by atoms with van der Waals surface area (Å²) in [6, 6.07) is 13.7. The molecule has 7 heteroatoms. The number of benzene rings is 2. The Kier molecular flexibility index (Phi) is 7.54. The number of halogens is 1. The number of nitrogens with zero attached hydrogens (tertiary/aromatic N) is 2. The second kappa shape index (κ2) is 10.5. The van der Waals surface area contributed by atoms with Gasteiger partial charge in [0.15, 0.2) is 0 Å². The molecule has 6 nitrogen and oxygen atoms in total. The average Bonchev–Trinajstić information content (AvgIpc) is 3.22. The third kappa shape index (κ3) is 6.01. The summed E-state index contributed by atoms with van der Waals surface area (Å²) in [4.78, 5) is 24.1. The van der Waals surface area contributed by atoms with E-state index in [0.717, 1.165) is 30.4 Å². The number of rotatable bonds is 9. The summed E-state index contributed by atoms with van der Waals surface area (Å²) in [5.41, 5.74) is 3.58. The van der Waals surface area contributed by atoms with Crippen molar-refractivity contribution in [1.82, 2.24) is 15.1 Å². The van der Waals surface area contributed by atoms with E-state index < -0.39 is 0 Å². The molecule has 0 spiro atoms. The van der Waals surface area contributed by atoms with Crippen molar-refractivity contribution in [3.63, 3.8) is 0 Å². The SMILES string of the molecule is COC(=O)CCCCCNC(=O)c1cn(-c2ccc(F)cc2)nc1-c1cccc(C)c1. The van der Waals surface area contributed by atoms with Crippen LogP contribution in [-0.4, -0.2) is 35.3 Å². The number of unbranched alkanes of at least 4 members (excludes halogenated alkanes) is 2. The fraction of sp³-hybridized carbons (Fsp3) is 0.292. The number of amides is 1. The predicted molar refractivity (Wildman–Crippen MR) is 117 cm³/mol. The zero-order valence-electron chi connectivity index (χ0n) is 17.7. The molecule has 31 heavy (non-hydrogen) atoms. The molecule has 1 N–H and O–H groups in total. The molecular weight excluding hydrogens is 397 g/mol. The van der Waals surface area contributed by atoms with E-state index in [0.29, 0.717) is 29.9 Å². The van der Waals surface area contributed by atoms with Gasteiger partial charge in [-0.15, -0.1) is 0 Å². The molecule has 0 aliphatic carbocycles. The van der Waals surface area contributed by atoms with Crippen LogP contribution in [0, 0.1) is 12.7 Å². The van der Waals surface area contributed by atoms with Crippen molar-refractivity contribution in [2.75, 3.05) is 13.7 Å². The Morgan fingerprint density at radius 3 is 2.58 bits per heavy atom. The standard InChI is InChI=1S/C24H26FN3O3/c1-17-7-6-8-18(15-17)23-21(16-28(27-23)20-12-10-19(25)11-13-20)24(30)26-14-5-3-4-9-22(29)31-2/h6-8,10-13,15-16H,3-5,9,14H2,1-2H3,(H,26,30). The van der Waals surface area contributed by atoms with E-state index in [9.17, 15) is 14.0 Å². The van der Waals surface area contributed by atoms with Crippen LogP contribution in [0.5, 0.6) is 0 Å². The third-order valence-electron chi connectivity index (χ3n) is 4.91. The Morgan fingerprint density at radius 1 is 1.10 bits per heavy atom. The maximum absolute atomic E-state index is 13.3. The van der Waals surface area contributed by atoms with Crippen LogP contribution in [0.25, 0.3) is 16.9 Å². The normalized spacial score (nSPS) is 10.7. The molecule has 2 aromatic carbocycles. The van der Waals surface area contributed by atoms with Crippen molar-refractivity contribution in [2.45, 2.75) is 32.6 Å². The Labute approximate surface area is 181 Å². The van der Waals surface area contributed by atoms with Crippen molar-refractivity contribution in [3.8, 4) is 16.9 Å². The molecule has 3 aromatic rings. The zero-order valence-corrected chi connectivity index (χ0v) is 17.7. The highest BCUT2D eigenvalue weighted by atomic mass is 19.1. The van der Waals surface area contributed by atoms with Gasteiger partial charge in [-0.2, -0.15) is 5.10 Å². The summed E-state index contributed by atoms with van der Waals surface area (Å²) >= 11 is 0. The first-order valence-corrected chi connectivity index (χ1v) is 10.3. The maximum atomic E-state index is 13.3. The number of hydrogen-bond acceptors (Lipinski definition) is 4. The highest BCUT2D eigenvalue weighted by Crippen LogP contribution is 2.25. The van der Waals surface area contributed by atoms with E-state index in [4.69, 9.17) is 0 Å². The van der Waals surface area contributed by atoms with E-state index in [1.54, 1.807) is 23.0 Å². The molecule has 0 fully saturated rings. The zero-order chi connectivity index (χ0) is 22.2. The largest absolute Gasteiger partial charge is 0.469 e. The van der Waals surface area contributed by atoms with Crippen LogP contribution >= 0.6 is 0 Å². The maximum Gasteiger partial charge on any atom is 0.305 e. The molecule has 0 unspecified atom stereocenters. The Bertz CT molecular complexity index is 1040. The number of methoxy groups -OCH3 is 1. The number of ether oxygens (including phenoxy) is 1. The molecular formula is C24H26FN3O3. The van der Waals surface area contributed by atoms with Crippen LogP contribution in [0.4, 0.5) is 4.39 Å². The molecule has 0 aliphatic rings. The first-order valence-electron chi connectivity index (χ1n) is 10.3. The van der Waals surface area contributed by atoms with Gasteiger partial charge in [0, 0.05) is 24.7 Å². The van der Waals surface area contributed by atoms with Crippen LogP contribution in [0.3, 0.4) is 0 Å². The minimum atomic E-state index is -0.333. The van der Waals surface area contributed by atoms with E-state index in [-0.39, 0.29) is 17.7 Å². The fourth-order valence-corrected chi connectivity index (χ4v) is 3.24. The first-order chi connectivity index (χ1) is 15.0. The average molecular weight is 423 g/mol. The van der Waals surface area contributed by atoms with Crippen LogP contribution in [0.15, 0.2) is 54.7 Å². The summed E-state index contributed by atoms with van der Waals surface area (Å²) in [5, 5.41) is 7.54. The molecule has 1 aromatic heterocycles. The van der Waals surface area contributed by atoms with Gasteiger partial charge < -0.3 is 10.1 Å². The molecule has 1 amide bonds. The molecule has 0 saturated heterocycles. The summed E-state index contributed by atoms with van der Waals surface area (Å²) in [6.07, 6.45) is 4.34. The van der Waals surface area contributed by atoms with E-state index in [2.05, 4.69) is 15.2 Å². The summed E-state index contributed by atoms with van der Waals surface area (Å²) in [6.45, 7) is 2.48. The smallest absolute Gasteiger partial charge is 0.305 e. The lowest BCUT2D eigenvalue weighted by molar-refractivity contribution is -0.140. The van der Waals surface area contributed by atoms with Crippen molar-refractivity contribution in [1.29, 1.82) is 0 Å². The van der Waals surface area contributed by atoms with Crippen molar-refractivity contribution in [2.24, 2.45) is 0 Å². The predicted octanol–water partition coefficient (Wildman–Crippen LogP) is 4.45. The van der Waals surface area contributed by atoms with Gasteiger partial charge in [-0.05, 0) is 50.1 Å². The van der Waals surface area contributed by atoms with Crippen LogP contribution in [-0.2, 0) is 9.53 Å². The van der Waals surface area contributed by atoms with Gasteiger partial charge in [0.05, 0.1) is 18.4 Å². The summed E-state index contributed by atoms with van der Waals surface area (Å²) in [5.74, 6) is -0.780. The number of aryl methyl sites for hydroxylation is 1. The molecule has 0 radical (unpaired) electrons. The van der Waals surface area contributed by atoms with Gasteiger partial charge in [-0.3, -0.25) is 9.59 Å². The van der Waals surface area contributed by atoms with Gasteiger partial charge in [0.25, 0.3) is 5.91 Å². The number of nitrogens with one attached hydrogen (secondary N) is 1. The highest BCUT2D eigenvalue weighted by molar-refractivity contribution is 6.00. The van der Waals surface area contributed by atoms with Crippen LogP contribution in [0.1, 0.15) is 41.6 Å². The Hall–Kier alpha value is -3.48. The molecule has 0 aliphatic heterocycles.